The molecule has 0 saturated carbocycles. The van der Waals surface area contributed by atoms with Gasteiger partial charge in [0.15, 0.2) is 5.71 Å². The van der Waals surface area contributed by atoms with Crippen LogP contribution in [-0.2, 0) is 10.8 Å². The summed E-state index contributed by atoms with van der Waals surface area (Å²) in [6, 6.07) is 60.9. The number of rotatable bonds is 8. The van der Waals surface area contributed by atoms with Crippen molar-refractivity contribution in [3.05, 3.63) is 222 Å². The molecule has 2 heterocycles. The summed E-state index contributed by atoms with van der Waals surface area (Å²) in [7, 11) is 0. The zero-order valence-electron chi connectivity index (χ0n) is 32.7. The predicted molar refractivity (Wildman–Crippen MR) is 236 cm³/mol. The van der Waals surface area contributed by atoms with Crippen molar-refractivity contribution in [2.24, 2.45) is 5.92 Å². The molecule has 1 atom stereocenters. The van der Waals surface area contributed by atoms with Gasteiger partial charge in [-0.25, -0.2) is 0 Å². The van der Waals surface area contributed by atoms with E-state index in [9.17, 15) is 0 Å². The molecule has 0 amide bonds. The Morgan fingerprint density at radius 3 is 1.82 bits per heavy atom. The van der Waals surface area contributed by atoms with E-state index in [-0.39, 0.29) is 16.7 Å². The van der Waals surface area contributed by atoms with Crippen molar-refractivity contribution in [3.63, 3.8) is 0 Å². The van der Waals surface area contributed by atoms with Crippen LogP contribution in [0.2, 0.25) is 0 Å². The summed E-state index contributed by atoms with van der Waals surface area (Å²) < 4.78 is 2.45. The molecule has 0 radical (unpaired) electrons. The van der Waals surface area contributed by atoms with Crippen molar-refractivity contribution < 1.29 is 0 Å². The first-order chi connectivity index (χ1) is 27.3. The van der Waals surface area contributed by atoms with Gasteiger partial charge in [0, 0.05) is 63.9 Å². The van der Waals surface area contributed by atoms with Gasteiger partial charge >= 0.3 is 0 Å². The van der Waals surface area contributed by atoms with Crippen molar-refractivity contribution in [1.29, 1.82) is 0 Å². The van der Waals surface area contributed by atoms with Crippen molar-refractivity contribution in [2.75, 3.05) is 9.80 Å². The first-order valence-electron chi connectivity index (χ1n) is 19.9. The largest absolute Gasteiger partial charge is 0.313 e. The normalized spacial score (nSPS) is 18.0. The fourth-order valence-electron chi connectivity index (χ4n) is 9.09. The van der Waals surface area contributed by atoms with E-state index in [1.165, 1.54) is 50.9 Å². The maximum atomic E-state index is 3.99. The Kier molecular flexibility index (Phi) is 9.04. The minimum Gasteiger partial charge on any atom is -0.313 e. The molecule has 3 nitrogen and oxygen atoms in total. The molecule has 1 unspecified atom stereocenters. The number of hydrogen-bond donors (Lipinski definition) is 0. The molecule has 56 heavy (non-hydrogen) atoms. The van der Waals surface area contributed by atoms with Crippen molar-refractivity contribution in [3.8, 4) is 0 Å². The van der Waals surface area contributed by atoms with Crippen LogP contribution >= 0.6 is 0 Å². The SMILES string of the molecule is CC1(C)C(=C=CC2CCC(/C=C/C3=[N+](c4ccccc4)c4ccccc4C3(C)C)=C2N(c2ccccc2)c2ccccc2)N(c2ccccc2)c2ccccc21. The number of fused-ring (bicyclic) bond motifs is 2. The van der Waals surface area contributed by atoms with E-state index in [0.717, 1.165) is 29.9 Å². The highest BCUT2D eigenvalue weighted by Crippen LogP contribution is 2.51. The standard InChI is InChI=1S/C53H48N3/c1-52(2)45-29-17-19-31-47(45)55(43-25-13-7-14-26-43)49(52)37-35-39-33-34-40(51(39)54(41-21-9-5-10-22-41)42-23-11-6-12-24-42)36-38-50-53(3,4)46-30-18-20-32-48(46)56(50)44-27-15-8-16-28-44/h5-32,35-37,40H,33-34H2,1-4H3/q+1. The monoisotopic (exact) mass is 726 g/mol. The molecule has 6 aromatic carbocycles. The molecule has 0 N–H and O–H groups in total. The van der Waals surface area contributed by atoms with Gasteiger partial charge in [-0.05, 0) is 100 Å². The Hall–Kier alpha value is -6.41. The lowest BCUT2D eigenvalue weighted by Gasteiger charge is -2.30. The molecule has 6 aromatic rings. The number of anilines is 4. The summed E-state index contributed by atoms with van der Waals surface area (Å²) in [5.41, 5.74) is 18.4. The van der Waals surface area contributed by atoms with Crippen LogP contribution in [0.3, 0.4) is 0 Å². The molecule has 3 heteroatoms. The molecule has 0 saturated heterocycles. The minimum absolute atomic E-state index is 0.128. The molecule has 2 aliphatic heterocycles. The Balaban J connectivity index is 1.24. The average Bonchev–Trinajstić information content (AvgIpc) is 3.82. The Bertz CT molecular complexity index is 2510. The van der Waals surface area contributed by atoms with Gasteiger partial charge < -0.3 is 9.80 Å². The van der Waals surface area contributed by atoms with Crippen LogP contribution < -0.4 is 14.4 Å². The average molecular weight is 727 g/mol. The smallest absolute Gasteiger partial charge is 0.215 e. The van der Waals surface area contributed by atoms with Gasteiger partial charge in [0.05, 0.1) is 16.8 Å². The topological polar surface area (TPSA) is 9.49 Å². The fourth-order valence-corrected chi connectivity index (χ4v) is 9.09. The number of benzene rings is 6. The third kappa shape index (κ3) is 6.06. The van der Waals surface area contributed by atoms with Crippen LogP contribution in [0.25, 0.3) is 0 Å². The lowest BCUT2D eigenvalue weighted by Crippen LogP contribution is -2.27. The van der Waals surface area contributed by atoms with Crippen molar-refractivity contribution in [1.82, 2.24) is 4.58 Å². The number of nitrogens with zero attached hydrogens (tertiary/aromatic N) is 3. The molecule has 0 spiro atoms. The Morgan fingerprint density at radius 1 is 0.607 bits per heavy atom. The quantitative estimate of drug-likeness (QED) is 0.114. The van der Waals surface area contributed by atoms with Crippen molar-refractivity contribution >= 4 is 39.8 Å². The summed E-state index contributed by atoms with van der Waals surface area (Å²) in [6.45, 7) is 9.38. The first-order valence-corrected chi connectivity index (χ1v) is 19.9. The molecular formula is C53H48N3+. The molecular weight excluding hydrogens is 679 g/mol. The zero-order valence-corrected chi connectivity index (χ0v) is 32.7. The highest BCUT2D eigenvalue weighted by molar-refractivity contribution is 6.10. The van der Waals surface area contributed by atoms with E-state index in [0.29, 0.717) is 0 Å². The summed E-state index contributed by atoms with van der Waals surface area (Å²) in [5, 5.41) is 0. The van der Waals surface area contributed by atoms with Gasteiger partial charge in [-0.1, -0.05) is 115 Å². The maximum absolute atomic E-state index is 3.99. The zero-order chi connectivity index (χ0) is 38.3. The number of para-hydroxylation sites is 6. The molecule has 3 aliphatic rings. The molecule has 0 fully saturated rings. The summed E-state index contributed by atoms with van der Waals surface area (Å²) >= 11 is 0. The summed E-state index contributed by atoms with van der Waals surface area (Å²) in [4.78, 5) is 4.89. The van der Waals surface area contributed by atoms with Crippen molar-refractivity contribution in [2.45, 2.75) is 51.4 Å². The van der Waals surface area contributed by atoms with Crippen LogP contribution in [0, 0.1) is 5.92 Å². The van der Waals surface area contributed by atoms with E-state index < -0.39 is 0 Å². The summed E-state index contributed by atoms with van der Waals surface area (Å²) in [6.07, 6.45) is 9.13. The Labute approximate surface area is 332 Å². The lowest BCUT2D eigenvalue weighted by atomic mass is 9.81. The third-order valence-electron chi connectivity index (χ3n) is 11.9. The van der Waals surface area contributed by atoms with E-state index in [4.69, 9.17) is 0 Å². The molecule has 0 aromatic heterocycles. The van der Waals surface area contributed by atoms with Gasteiger partial charge in [0.1, 0.15) is 0 Å². The van der Waals surface area contributed by atoms with E-state index in [2.05, 4.69) is 236 Å². The van der Waals surface area contributed by atoms with Gasteiger partial charge in [0.2, 0.25) is 11.4 Å². The van der Waals surface area contributed by atoms with E-state index in [1.54, 1.807) is 0 Å². The van der Waals surface area contributed by atoms with Crippen LogP contribution in [-0.4, -0.2) is 5.71 Å². The van der Waals surface area contributed by atoms with Gasteiger partial charge in [-0.15, -0.1) is 5.73 Å². The molecule has 1 aliphatic carbocycles. The fraction of sp³-hybridized carbons (Fsp3) is 0.170. The molecule has 0 bridgehead atoms. The van der Waals surface area contributed by atoms with Crippen LogP contribution in [0.5, 0.6) is 0 Å². The highest BCUT2D eigenvalue weighted by atomic mass is 15.2. The highest BCUT2D eigenvalue weighted by Gasteiger charge is 2.45. The first kappa shape index (κ1) is 35.3. The van der Waals surface area contributed by atoms with E-state index >= 15 is 0 Å². The molecule has 274 valence electrons. The van der Waals surface area contributed by atoms with Crippen LogP contribution in [0.4, 0.5) is 34.1 Å². The number of allylic oxidation sites excluding steroid dienone is 4. The second-order valence-corrected chi connectivity index (χ2v) is 16.1. The van der Waals surface area contributed by atoms with Gasteiger partial charge in [-0.2, -0.15) is 4.58 Å². The lowest BCUT2D eigenvalue weighted by molar-refractivity contribution is 0.643. The van der Waals surface area contributed by atoms with Crippen LogP contribution in [0.15, 0.2) is 211 Å². The molecule has 9 rings (SSSR count). The van der Waals surface area contributed by atoms with E-state index in [1.807, 2.05) is 0 Å². The van der Waals surface area contributed by atoms with Gasteiger partial charge in [-0.3, -0.25) is 0 Å². The maximum Gasteiger partial charge on any atom is 0.215 e. The Morgan fingerprint density at radius 2 is 1.16 bits per heavy atom. The second-order valence-electron chi connectivity index (χ2n) is 16.1. The predicted octanol–water partition coefficient (Wildman–Crippen LogP) is 13.5. The van der Waals surface area contributed by atoms with Gasteiger partial charge in [0.25, 0.3) is 0 Å². The third-order valence-corrected chi connectivity index (χ3v) is 11.9. The van der Waals surface area contributed by atoms with Crippen LogP contribution in [0.1, 0.15) is 51.7 Å². The number of hydrogen-bond acceptors (Lipinski definition) is 2. The second kappa shape index (κ2) is 14.3. The minimum atomic E-state index is -0.229. The summed E-state index contributed by atoms with van der Waals surface area (Å²) in [5.74, 6) is 0.128.